The fourth-order valence-electron chi connectivity index (χ4n) is 3.55. The predicted octanol–water partition coefficient (Wildman–Crippen LogP) is 5.64. The Morgan fingerprint density at radius 3 is 2.47 bits per heavy atom. The molecule has 162 valence electrons. The van der Waals surface area contributed by atoms with Crippen molar-refractivity contribution >= 4 is 6.09 Å². The van der Waals surface area contributed by atoms with Crippen molar-refractivity contribution in [3.63, 3.8) is 0 Å². The second kappa shape index (κ2) is 8.67. The number of halogens is 3. The Balaban J connectivity index is 1.65. The highest BCUT2D eigenvalue weighted by Crippen LogP contribution is 2.38. The Kier molecular flexibility index (Phi) is 5.78. The maximum Gasteiger partial charge on any atom is 0.417 e. The number of alkyl carbamates (subject to hydrolysis) is 1. The molecule has 1 aliphatic rings. The van der Waals surface area contributed by atoms with Gasteiger partial charge in [0.05, 0.1) is 18.7 Å². The lowest BCUT2D eigenvalue weighted by Gasteiger charge is -2.18. The monoisotopic (exact) mass is 437 g/mol. The van der Waals surface area contributed by atoms with Crippen LogP contribution in [0.15, 0.2) is 72.8 Å². The van der Waals surface area contributed by atoms with Crippen LogP contribution < -0.4 is 10.1 Å². The summed E-state index contributed by atoms with van der Waals surface area (Å²) in [7, 11) is 1.55. The summed E-state index contributed by atoms with van der Waals surface area (Å²) < 4.78 is 50.3. The van der Waals surface area contributed by atoms with E-state index >= 15 is 0 Å². The third kappa shape index (κ3) is 4.54. The van der Waals surface area contributed by atoms with Crippen LogP contribution in [0.1, 0.15) is 40.0 Å². The van der Waals surface area contributed by atoms with Crippen LogP contribution in [0.5, 0.6) is 5.75 Å². The van der Waals surface area contributed by atoms with E-state index in [-0.39, 0.29) is 5.56 Å². The summed E-state index contributed by atoms with van der Waals surface area (Å²) in [5, 5.41) is 2.79. The van der Waals surface area contributed by atoms with Crippen molar-refractivity contribution < 1.29 is 27.4 Å². The number of amides is 1. The number of carbonyl (C=O) groups excluding carboxylic acids is 1. The number of cyclic esters (lactones) is 1. The highest BCUT2D eigenvalue weighted by atomic mass is 19.4. The van der Waals surface area contributed by atoms with Crippen LogP contribution in [0, 0.1) is 11.8 Å². The van der Waals surface area contributed by atoms with Gasteiger partial charge in [0, 0.05) is 11.1 Å². The number of methoxy groups -OCH3 is 1. The maximum absolute atomic E-state index is 13.2. The smallest absolute Gasteiger partial charge is 0.417 e. The van der Waals surface area contributed by atoms with E-state index in [2.05, 4.69) is 17.2 Å². The number of nitrogens with one attached hydrogen (secondary N) is 1. The van der Waals surface area contributed by atoms with Gasteiger partial charge in [0.2, 0.25) is 0 Å². The average molecular weight is 437 g/mol. The molecule has 1 aliphatic heterocycles. The molecule has 32 heavy (non-hydrogen) atoms. The molecule has 1 heterocycles. The Morgan fingerprint density at radius 1 is 0.938 bits per heavy atom. The molecule has 1 N–H and O–H groups in total. The molecule has 4 nitrogen and oxygen atoms in total. The molecule has 0 aromatic heterocycles. The molecule has 7 heteroatoms. The van der Waals surface area contributed by atoms with Gasteiger partial charge in [-0.1, -0.05) is 48.2 Å². The number of hydrogen-bond acceptors (Lipinski definition) is 3. The van der Waals surface area contributed by atoms with Gasteiger partial charge in [-0.05, 0) is 47.5 Å². The van der Waals surface area contributed by atoms with Crippen molar-refractivity contribution in [1.29, 1.82) is 0 Å². The van der Waals surface area contributed by atoms with Crippen molar-refractivity contribution in [2.75, 3.05) is 7.11 Å². The van der Waals surface area contributed by atoms with E-state index in [4.69, 9.17) is 9.47 Å². The number of ether oxygens (including phenoxy) is 2. The molecule has 4 rings (SSSR count). The summed E-state index contributed by atoms with van der Waals surface area (Å²) in [6, 6.07) is 18.9. The molecule has 0 saturated carbocycles. The predicted molar refractivity (Wildman–Crippen MR) is 112 cm³/mol. The molecule has 0 bridgehead atoms. The standard InChI is InChI=1S/C25H18F3NO3/c1-31-20-10-5-9-19(15-20)23-22(29-24(30)32-23)18-8-4-6-16(14-18)12-13-17-7-2-3-11-21(17)25(26,27)28/h2-11,14-15,22-23H,1H3,(H,29,30)/t22-,23-/m1/s1. The van der Waals surface area contributed by atoms with Gasteiger partial charge >= 0.3 is 12.3 Å². The molecule has 2 atom stereocenters. The van der Waals surface area contributed by atoms with Gasteiger partial charge in [0.25, 0.3) is 0 Å². The first-order chi connectivity index (χ1) is 15.3. The Hall–Kier alpha value is -3.92. The summed E-state index contributed by atoms with van der Waals surface area (Å²) in [6.07, 6.45) is -5.63. The van der Waals surface area contributed by atoms with E-state index in [1.807, 2.05) is 12.1 Å². The number of rotatable bonds is 3. The number of hydrogen-bond donors (Lipinski definition) is 1. The number of alkyl halides is 3. The molecular formula is C25H18F3NO3. The van der Waals surface area contributed by atoms with E-state index in [0.29, 0.717) is 11.3 Å². The first-order valence-electron chi connectivity index (χ1n) is 9.74. The minimum absolute atomic E-state index is 0.0998. The van der Waals surface area contributed by atoms with Crippen LogP contribution in [0.25, 0.3) is 0 Å². The molecule has 1 amide bonds. The maximum atomic E-state index is 13.2. The SMILES string of the molecule is COc1cccc([C@H]2OC(=O)N[C@@H]2c2cccc(C#Cc3ccccc3C(F)(F)F)c2)c1. The van der Waals surface area contributed by atoms with E-state index < -0.39 is 30.0 Å². The lowest BCUT2D eigenvalue weighted by atomic mass is 9.95. The van der Waals surface area contributed by atoms with Crippen molar-refractivity contribution in [2.24, 2.45) is 0 Å². The van der Waals surface area contributed by atoms with Gasteiger partial charge in [-0.3, -0.25) is 0 Å². The van der Waals surface area contributed by atoms with Crippen molar-refractivity contribution in [3.8, 4) is 17.6 Å². The molecule has 0 aliphatic carbocycles. The Morgan fingerprint density at radius 2 is 1.69 bits per heavy atom. The molecule has 3 aromatic carbocycles. The van der Waals surface area contributed by atoms with Crippen LogP contribution in [0.2, 0.25) is 0 Å². The zero-order valence-corrected chi connectivity index (χ0v) is 16.9. The summed E-state index contributed by atoms with van der Waals surface area (Å²) in [6.45, 7) is 0. The number of benzene rings is 3. The number of carbonyl (C=O) groups is 1. The molecule has 0 spiro atoms. The molecule has 1 saturated heterocycles. The first kappa shape index (κ1) is 21.3. The van der Waals surface area contributed by atoms with Crippen molar-refractivity contribution in [2.45, 2.75) is 18.3 Å². The quantitative estimate of drug-likeness (QED) is 0.540. The molecule has 1 fully saturated rings. The van der Waals surface area contributed by atoms with Gasteiger partial charge < -0.3 is 14.8 Å². The lowest BCUT2D eigenvalue weighted by Crippen LogP contribution is -2.19. The van der Waals surface area contributed by atoms with Crippen LogP contribution in [-0.2, 0) is 10.9 Å². The molecule has 0 unspecified atom stereocenters. The first-order valence-corrected chi connectivity index (χ1v) is 9.74. The third-order valence-corrected chi connectivity index (χ3v) is 5.05. The summed E-state index contributed by atoms with van der Waals surface area (Å²) >= 11 is 0. The highest BCUT2D eigenvalue weighted by molar-refractivity contribution is 5.71. The van der Waals surface area contributed by atoms with Crippen molar-refractivity contribution in [3.05, 3.63) is 101 Å². The normalized spacial score (nSPS) is 17.7. The summed E-state index contributed by atoms with van der Waals surface area (Å²) in [4.78, 5) is 12.0. The van der Waals surface area contributed by atoms with Crippen LogP contribution in [0.3, 0.4) is 0 Å². The van der Waals surface area contributed by atoms with Gasteiger partial charge in [0.15, 0.2) is 6.10 Å². The minimum Gasteiger partial charge on any atom is -0.497 e. The zero-order chi connectivity index (χ0) is 22.7. The van der Waals surface area contributed by atoms with Gasteiger partial charge in [0.1, 0.15) is 5.75 Å². The van der Waals surface area contributed by atoms with E-state index in [1.165, 1.54) is 18.2 Å². The molecule has 3 aromatic rings. The zero-order valence-electron chi connectivity index (χ0n) is 16.9. The van der Waals surface area contributed by atoms with E-state index in [1.54, 1.807) is 43.5 Å². The van der Waals surface area contributed by atoms with Crippen LogP contribution in [-0.4, -0.2) is 13.2 Å². The van der Waals surface area contributed by atoms with Crippen LogP contribution in [0.4, 0.5) is 18.0 Å². The van der Waals surface area contributed by atoms with E-state index in [9.17, 15) is 18.0 Å². The molecular weight excluding hydrogens is 419 g/mol. The topological polar surface area (TPSA) is 47.6 Å². The highest BCUT2D eigenvalue weighted by Gasteiger charge is 2.36. The second-order valence-electron chi connectivity index (χ2n) is 7.14. The second-order valence-corrected chi connectivity index (χ2v) is 7.14. The Bertz CT molecular complexity index is 1210. The Labute approximate surface area is 183 Å². The fourth-order valence-corrected chi connectivity index (χ4v) is 3.55. The van der Waals surface area contributed by atoms with Gasteiger partial charge in [-0.2, -0.15) is 13.2 Å². The summed E-state index contributed by atoms with van der Waals surface area (Å²) in [5.41, 5.74) is 1.11. The fraction of sp³-hybridized carbons (Fsp3) is 0.160. The van der Waals surface area contributed by atoms with Gasteiger partial charge in [-0.25, -0.2) is 4.79 Å². The summed E-state index contributed by atoms with van der Waals surface area (Å²) in [5.74, 6) is 6.04. The average Bonchev–Trinajstić information content (AvgIpc) is 3.19. The van der Waals surface area contributed by atoms with Crippen LogP contribution >= 0.6 is 0 Å². The third-order valence-electron chi connectivity index (χ3n) is 5.05. The minimum atomic E-state index is -4.48. The van der Waals surface area contributed by atoms with Crippen molar-refractivity contribution in [1.82, 2.24) is 5.32 Å². The largest absolute Gasteiger partial charge is 0.497 e. The van der Waals surface area contributed by atoms with E-state index in [0.717, 1.165) is 17.2 Å². The van der Waals surface area contributed by atoms with Gasteiger partial charge in [-0.15, -0.1) is 0 Å². The molecule has 0 radical (unpaired) electrons. The lowest BCUT2D eigenvalue weighted by molar-refractivity contribution is -0.137.